The number of β-amino-alcohol motifs (C(OH)–C–C–N with tert-alkyl or cyclic N) is 1. The fourth-order valence-electron chi connectivity index (χ4n) is 3.92. The highest BCUT2D eigenvalue weighted by Crippen LogP contribution is 2.27. The number of nitrogens with zero attached hydrogens (tertiary/aromatic N) is 5. The first-order valence-corrected chi connectivity index (χ1v) is 9.74. The van der Waals surface area contributed by atoms with Gasteiger partial charge >= 0.3 is 0 Å². The van der Waals surface area contributed by atoms with Crippen LogP contribution >= 0.6 is 0 Å². The molecule has 146 valence electrons. The maximum atomic E-state index is 13.2. The van der Waals surface area contributed by atoms with E-state index >= 15 is 0 Å². The number of piperidine rings is 1. The normalized spacial score (nSPS) is 17.0. The molecular weight excluding hydrogens is 366 g/mol. The standard InChI is InChI=1S/C22H21N5O2/c28-16-6-5-10-25(13-16)22(29)17-12-20(27-11-4-2-7-19(17)27)18-14-26(15-24-18)21-8-1-3-9-23-21/h1-4,7-9,11-12,14-16,28H,5-6,10,13H2/t16-/m0/s1. The third-order valence-electron chi connectivity index (χ3n) is 5.35. The van der Waals surface area contributed by atoms with Crippen LogP contribution in [0.5, 0.6) is 0 Å². The highest BCUT2D eigenvalue weighted by molar-refractivity contribution is 6.02. The van der Waals surface area contributed by atoms with Crippen LogP contribution in [0, 0.1) is 0 Å². The molecule has 0 bridgehead atoms. The zero-order valence-electron chi connectivity index (χ0n) is 15.8. The number of imidazole rings is 1. The summed E-state index contributed by atoms with van der Waals surface area (Å²) in [7, 11) is 0. The third kappa shape index (κ3) is 3.19. The molecule has 0 aromatic carbocycles. The van der Waals surface area contributed by atoms with Gasteiger partial charge in [-0.25, -0.2) is 9.97 Å². The van der Waals surface area contributed by atoms with E-state index in [1.54, 1.807) is 17.4 Å². The van der Waals surface area contributed by atoms with Crippen LogP contribution in [-0.2, 0) is 0 Å². The second kappa shape index (κ2) is 7.18. The number of pyridine rings is 2. The Kier molecular flexibility index (Phi) is 4.37. The predicted molar refractivity (Wildman–Crippen MR) is 109 cm³/mol. The largest absolute Gasteiger partial charge is 0.391 e. The molecule has 1 fully saturated rings. The molecule has 5 rings (SSSR count). The minimum atomic E-state index is -0.449. The molecule has 1 atom stereocenters. The van der Waals surface area contributed by atoms with Gasteiger partial charge in [-0.3, -0.25) is 9.36 Å². The first-order valence-electron chi connectivity index (χ1n) is 9.74. The average molecular weight is 387 g/mol. The summed E-state index contributed by atoms with van der Waals surface area (Å²) in [6.07, 6.45) is 8.43. The zero-order valence-corrected chi connectivity index (χ0v) is 15.8. The van der Waals surface area contributed by atoms with Crippen molar-refractivity contribution in [1.82, 2.24) is 23.8 Å². The Bertz CT molecular complexity index is 1160. The van der Waals surface area contributed by atoms with Crippen LogP contribution in [0.2, 0.25) is 0 Å². The van der Waals surface area contributed by atoms with Gasteiger partial charge < -0.3 is 14.4 Å². The number of aliphatic hydroxyl groups excluding tert-OH is 1. The zero-order chi connectivity index (χ0) is 19.8. The monoisotopic (exact) mass is 387 g/mol. The smallest absolute Gasteiger partial charge is 0.256 e. The Labute approximate surface area is 167 Å². The molecule has 0 radical (unpaired) electrons. The van der Waals surface area contributed by atoms with Gasteiger partial charge in [0.05, 0.1) is 22.9 Å². The van der Waals surface area contributed by atoms with Gasteiger partial charge in [0, 0.05) is 31.7 Å². The number of carbonyl (C=O) groups excluding carboxylic acids is 1. The Balaban J connectivity index is 1.56. The molecule has 0 unspecified atom stereocenters. The summed E-state index contributed by atoms with van der Waals surface area (Å²) in [5.41, 5.74) is 3.06. The first kappa shape index (κ1) is 17.6. The molecule has 29 heavy (non-hydrogen) atoms. The number of aromatic nitrogens is 4. The highest BCUT2D eigenvalue weighted by Gasteiger charge is 2.26. The molecule has 1 aliphatic rings. The highest BCUT2D eigenvalue weighted by atomic mass is 16.3. The van der Waals surface area contributed by atoms with Gasteiger partial charge in [0.1, 0.15) is 17.8 Å². The predicted octanol–water partition coefficient (Wildman–Crippen LogP) is 2.78. The van der Waals surface area contributed by atoms with Crippen molar-refractivity contribution in [3.63, 3.8) is 0 Å². The minimum absolute atomic E-state index is 0.0529. The number of amides is 1. The lowest BCUT2D eigenvalue weighted by atomic mass is 10.1. The van der Waals surface area contributed by atoms with Crippen molar-refractivity contribution >= 4 is 11.4 Å². The Hall–Kier alpha value is -3.45. The van der Waals surface area contributed by atoms with Gasteiger partial charge in [-0.05, 0) is 43.2 Å². The summed E-state index contributed by atoms with van der Waals surface area (Å²) in [4.78, 5) is 23.8. The van der Waals surface area contributed by atoms with E-state index in [-0.39, 0.29) is 5.91 Å². The van der Waals surface area contributed by atoms with E-state index in [2.05, 4.69) is 9.97 Å². The molecule has 1 saturated heterocycles. The lowest BCUT2D eigenvalue weighted by molar-refractivity contribution is 0.0475. The first-order chi connectivity index (χ1) is 14.2. The van der Waals surface area contributed by atoms with E-state index in [9.17, 15) is 9.90 Å². The number of hydrogen-bond acceptors (Lipinski definition) is 4. The fourth-order valence-corrected chi connectivity index (χ4v) is 3.92. The lowest BCUT2D eigenvalue weighted by Gasteiger charge is -2.30. The van der Waals surface area contributed by atoms with Crippen LogP contribution in [0.15, 0.2) is 67.4 Å². The van der Waals surface area contributed by atoms with Gasteiger partial charge in [0.2, 0.25) is 0 Å². The number of carbonyl (C=O) groups is 1. The molecule has 1 amide bonds. The number of rotatable bonds is 3. The van der Waals surface area contributed by atoms with Crippen molar-refractivity contribution in [3.05, 3.63) is 72.9 Å². The molecule has 4 aromatic rings. The van der Waals surface area contributed by atoms with E-state index in [0.717, 1.165) is 35.6 Å². The molecule has 4 aromatic heterocycles. The van der Waals surface area contributed by atoms with Gasteiger partial charge in [-0.15, -0.1) is 0 Å². The summed E-state index contributed by atoms with van der Waals surface area (Å²) < 4.78 is 3.85. The maximum absolute atomic E-state index is 13.2. The minimum Gasteiger partial charge on any atom is -0.391 e. The van der Waals surface area contributed by atoms with Crippen molar-refractivity contribution < 1.29 is 9.90 Å². The molecule has 1 aliphatic heterocycles. The topological polar surface area (TPSA) is 75.7 Å². The van der Waals surface area contributed by atoms with E-state index in [4.69, 9.17) is 0 Å². The molecular formula is C22H21N5O2. The van der Waals surface area contributed by atoms with Crippen LogP contribution in [0.3, 0.4) is 0 Å². The van der Waals surface area contributed by atoms with Gasteiger partial charge in [-0.1, -0.05) is 12.1 Å². The third-order valence-corrected chi connectivity index (χ3v) is 5.35. The van der Waals surface area contributed by atoms with Crippen molar-refractivity contribution in [3.8, 4) is 17.2 Å². The summed E-state index contributed by atoms with van der Waals surface area (Å²) in [5.74, 6) is 0.730. The molecule has 5 heterocycles. The second-order valence-electron chi connectivity index (χ2n) is 7.30. The van der Waals surface area contributed by atoms with E-state index < -0.39 is 6.10 Å². The summed E-state index contributed by atoms with van der Waals surface area (Å²) >= 11 is 0. The Morgan fingerprint density at radius 1 is 1.14 bits per heavy atom. The van der Waals surface area contributed by atoms with Gasteiger partial charge in [-0.2, -0.15) is 0 Å². The van der Waals surface area contributed by atoms with E-state index in [0.29, 0.717) is 18.7 Å². The second-order valence-corrected chi connectivity index (χ2v) is 7.30. The van der Waals surface area contributed by atoms with Gasteiger partial charge in [0.15, 0.2) is 0 Å². The average Bonchev–Trinajstić information content (AvgIpc) is 3.39. The maximum Gasteiger partial charge on any atom is 0.256 e. The van der Waals surface area contributed by atoms with Crippen molar-refractivity contribution in [2.75, 3.05) is 13.1 Å². The summed E-state index contributed by atoms with van der Waals surface area (Å²) in [6, 6.07) is 13.4. The van der Waals surface area contributed by atoms with E-state index in [1.807, 2.05) is 63.8 Å². The fraction of sp³-hybridized carbons (Fsp3) is 0.227. The van der Waals surface area contributed by atoms with Crippen LogP contribution in [0.1, 0.15) is 23.2 Å². The van der Waals surface area contributed by atoms with Crippen LogP contribution < -0.4 is 0 Å². The summed E-state index contributed by atoms with van der Waals surface area (Å²) in [6.45, 7) is 1.05. The number of likely N-dealkylation sites (tertiary alicyclic amines) is 1. The number of hydrogen-bond donors (Lipinski definition) is 1. The van der Waals surface area contributed by atoms with Crippen LogP contribution in [0.25, 0.3) is 22.7 Å². The molecule has 1 N–H and O–H groups in total. The molecule has 7 heteroatoms. The SMILES string of the molecule is O=C(c1cc(-c2cn(-c3ccccn3)cn2)n2ccccc12)N1CCC[C@H](O)C1. The van der Waals surface area contributed by atoms with Gasteiger partial charge in [0.25, 0.3) is 5.91 Å². The van der Waals surface area contributed by atoms with E-state index in [1.165, 1.54) is 0 Å². The Morgan fingerprint density at radius 2 is 2.03 bits per heavy atom. The Morgan fingerprint density at radius 3 is 2.86 bits per heavy atom. The number of aliphatic hydroxyl groups is 1. The van der Waals surface area contributed by atoms with Crippen molar-refractivity contribution in [2.45, 2.75) is 18.9 Å². The van der Waals surface area contributed by atoms with Crippen molar-refractivity contribution in [1.29, 1.82) is 0 Å². The van der Waals surface area contributed by atoms with Crippen molar-refractivity contribution in [2.24, 2.45) is 0 Å². The molecule has 0 spiro atoms. The molecule has 0 aliphatic carbocycles. The lowest BCUT2D eigenvalue weighted by Crippen LogP contribution is -2.42. The molecule has 0 saturated carbocycles. The van der Waals surface area contributed by atoms with Crippen LogP contribution in [0.4, 0.5) is 0 Å². The number of fused-ring (bicyclic) bond motifs is 1. The quantitative estimate of drug-likeness (QED) is 0.587. The van der Waals surface area contributed by atoms with Crippen LogP contribution in [-0.4, -0.2) is 54.0 Å². The summed E-state index contributed by atoms with van der Waals surface area (Å²) in [5, 5.41) is 9.97. The molecule has 7 nitrogen and oxygen atoms in total.